The van der Waals surface area contributed by atoms with E-state index >= 15 is 0 Å². The van der Waals surface area contributed by atoms with E-state index < -0.39 is 0 Å². The van der Waals surface area contributed by atoms with Crippen LogP contribution in [0.25, 0.3) is 0 Å². The molecule has 1 fully saturated rings. The van der Waals surface area contributed by atoms with Gasteiger partial charge in [0.25, 0.3) is 0 Å². The molecule has 1 N–H and O–H groups in total. The molecule has 0 amide bonds. The highest BCUT2D eigenvalue weighted by atomic mass is 32.2. The van der Waals surface area contributed by atoms with Crippen LogP contribution in [0.4, 0.5) is 0 Å². The lowest BCUT2D eigenvalue weighted by molar-refractivity contribution is 0.464. The largest absolute Gasteiger partial charge is 0.308 e. The van der Waals surface area contributed by atoms with Crippen molar-refractivity contribution in [3.05, 3.63) is 18.0 Å². The fourth-order valence-electron chi connectivity index (χ4n) is 2.58. The van der Waals surface area contributed by atoms with E-state index in [0.717, 1.165) is 13.1 Å². The summed E-state index contributed by atoms with van der Waals surface area (Å²) in [5, 5.41) is 9.54. The molecule has 0 aromatic carbocycles. The molecule has 19 heavy (non-hydrogen) atoms. The molecule has 1 aliphatic rings. The van der Waals surface area contributed by atoms with Gasteiger partial charge < -0.3 is 5.32 Å². The molecule has 3 atom stereocenters. The maximum atomic E-state index is 4.44. The quantitative estimate of drug-likeness (QED) is 0.874. The Morgan fingerprint density at radius 3 is 2.89 bits per heavy atom. The van der Waals surface area contributed by atoms with Crippen molar-refractivity contribution in [2.45, 2.75) is 50.3 Å². The molecule has 0 radical (unpaired) electrons. The summed E-state index contributed by atoms with van der Waals surface area (Å²) in [7, 11) is 0. The number of rotatable bonds is 6. The summed E-state index contributed by atoms with van der Waals surface area (Å²) in [6.45, 7) is 8.79. The van der Waals surface area contributed by atoms with Crippen LogP contribution in [-0.4, -0.2) is 38.3 Å². The number of hydrogen-bond donors (Lipinski definition) is 1. The van der Waals surface area contributed by atoms with Crippen LogP contribution in [0.1, 0.15) is 38.9 Å². The number of hydrogen-bond acceptors (Lipinski definition) is 4. The topological polar surface area (TPSA) is 29.9 Å². The molecule has 108 valence electrons. The Balaban J connectivity index is 2.19. The first-order chi connectivity index (χ1) is 9.27. The summed E-state index contributed by atoms with van der Waals surface area (Å²) < 4.78 is 2.14. The summed E-state index contributed by atoms with van der Waals surface area (Å²) in [5.41, 5.74) is 1.35. The van der Waals surface area contributed by atoms with E-state index in [1.165, 1.54) is 23.6 Å². The van der Waals surface area contributed by atoms with Gasteiger partial charge in [-0.1, -0.05) is 13.8 Å². The van der Waals surface area contributed by atoms with Crippen molar-refractivity contribution < 1.29 is 0 Å². The Labute approximate surface area is 125 Å². The van der Waals surface area contributed by atoms with Gasteiger partial charge in [-0.3, -0.25) is 4.68 Å². The van der Waals surface area contributed by atoms with Crippen LogP contribution in [0.15, 0.2) is 12.3 Å². The fourth-order valence-corrected chi connectivity index (χ4v) is 5.51. The van der Waals surface area contributed by atoms with E-state index in [-0.39, 0.29) is 0 Å². The Morgan fingerprint density at radius 2 is 2.21 bits per heavy atom. The second-order valence-corrected chi connectivity index (χ2v) is 7.69. The standard InChI is InChI=1S/C14H25N3S2/c1-4-7-15-13(12-6-8-16-17(12)5-2)14-11(3)18-9-10-19-14/h6,8,11,13-15H,4-5,7,9-10H2,1-3H3. The highest BCUT2D eigenvalue weighted by Gasteiger charge is 2.32. The SMILES string of the molecule is CCCNC(c1ccnn1CC)C1SCCSC1C. The van der Waals surface area contributed by atoms with Gasteiger partial charge >= 0.3 is 0 Å². The summed E-state index contributed by atoms with van der Waals surface area (Å²) in [5.74, 6) is 2.56. The average Bonchev–Trinajstić information content (AvgIpc) is 2.89. The van der Waals surface area contributed by atoms with E-state index in [2.05, 4.69) is 65.5 Å². The highest BCUT2D eigenvalue weighted by Crippen LogP contribution is 2.38. The van der Waals surface area contributed by atoms with Gasteiger partial charge in [0.15, 0.2) is 0 Å². The Hall–Kier alpha value is -0.130. The van der Waals surface area contributed by atoms with Crippen LogP contribution in [-0.2, 0) is 6.54 Å². The predicted molar refractivity (Wildman–Crippen MR) is 87.1 cm³/mol. The van der Waals surface area contributed by atoms with Crippen LogP contribution in [0, 0.1) is 0 Å². The molecule has 2 heterocycles. The summed E-state index contributed by atoms with van der Waals surface area (Å²) in [4.78, 5) is 0. The second-order valence-electron chi connectivity index (χ2n) is 4.91. The molecule has 0 bridgehead atoms. The normalized spacial score (nSPS) is 25.4. The molecule has 1 aromatic rings. The third-order valence-electron chi connectivity index (χ3n) is 3.55. The minimum Gasteiger partial charge on any atom is -0.308 e. The van der Waals surface area contributed by atoms with Gasteiger partial charge in [0.2, 0.25) is 0 Å². The molecule has 1 aromatic heterocycles. The molecule has 1 aliphatic heterocycles. The van der Waals surface area contributed by atoms with Crippen LogP contribution >= 0.6 is 23.5 Å². The van der Waals surface area contributed by atoms with Gasteiger partial charge in [0, 0.05) is 34.7 Å². The smallest absolute Gasteiger partial charge is 0.0623 e. The van der Waals surface area contributed by atoms with Crippen molar-refractivity contribution in [3.8, 4) is 0 Å². The zero-order valence-corrected chi connectivity index (χ0v) is 13.8. The highest BCUT2D eigenvalue weighted by molar-refractivity contribution is 8.07. The molecular weight excluding hydrogens is 274 g/mol. The Morgan fingerprint density at radius 1 is 1.42 bits per heavy atom. The van der Waals surface area contributed by atoms with E-state index in [9.17, 15) is 0 Å². The summed E-state index contributed by atoms with van der Waals surface area (Å²) >= 11 is 4.23. The van der Waals surface area contributed by atoms with Gasteiger partial charge in [-0.2, -0.15) is 28.6 Å². The van der Waals surface area contributed by atoms with Gasteiger partial charge in [0.1, 0.15) is 0 Å². The number of aryl methyl sites for hydroxylation is 1. The van der Waals surface area contributed by atoms with E-state index in [0.29, 0.717) is 16.5 Å². The molecule has 0 saturated carbocycles. The first kappa shape index (κ1) is 15.3. The van der Waals surface area contributed by atoms with E-state index in [4.69, 9.17) is 0 Å². The molecule has 0 aliphatic carbocycles. The second kappa shape index (κ2) is 7.60. The van der Waals surface area contributed by atoms with Crippen molar-refractivity contribution in [2.75, 3.05) is 18.1 Å². The average molecular weight is 300 g/mol. The van der Waals surface area contributed by atoms with Crippen LogP contribution in [0.5, 0.6) is 0 Å². The molecule has 1 saturated heterocycles. The molecule has 2 rings (SSSR count). The number of aromatic nitrogens is 2. The fraction of sp³-hybridized carbons (Fsp3) is 0.786. The van der Waals surface area contributed by atoms with E-state index in [1.807, 2.05) is 6.20 Å². The first-order valence-electron chi connectivity index (χ1n) is 7.26. The zero-order valence-electron chi connectivity index (χ0n) is 12.1. The van der Waals surface area contributed by atoms with Crippen molar-refractivity contribution >= 4 is 23.5 Å². The van der Waals surface area contributed by atoms with Gasteiger partial charge in [-0.25, -0.2) is 0 Å². The first-order valence-corrected chi connectivity index (χ1v) is 9.36. The Bertz CT molecular complexity index is 381. The lowest BCUT2D eigenvalue weighted by atomic mass is 10.1. The van der Waals surface area contributed by atoms with Crippen LogP contribution in [0.2, 0.25) is 0 Å². The lowest BCUT2D eigenvalue weighted by Crippen LogP contribution is -2.39. The summed E-state index contributed by atoms with van der Waals surface area (Å²) in [6, 6.07) is 2.61. The maximum Gasteiger partial charge on any atom is 0.0623 e. The van der Waals surface area contributed by atoms with Gasteiger partial charge in [-0.15, -0.1) is 0 Å². The predicted octanol–water partition coefficient (Wildman–Crippen LogP) is 3.18. The molecular formula is C14H25N3S2. The monoisotopic (exact) mass is 299 g/mol. The molecule has 0 spiro atoms. The molecule has 3 unspecified atom stereocenters. The third-order valence-corrected chi connectivity index (χ3v) is 6.74. The lowest BCUT2D eigenvalue weighted by Gasteiger charge is -2.35. The number of nitrogens with zero attached hydrogens (tertiary/aromatic N) is 2. The molecule has 5 heteroatoms. The Kier molecular flexibility index (Phi) is 6.10. The zero-order chi connectivity index (χ0) is 13.7. The maximum absolute atomic E-state index is 4.44. The molecule has 3 nitrogen and oxygen atoms in total. The van der Waals surface area contributed by atoms with Crippen molar-refractivity contribution in [1.82, 2.24) is 15.1 Å². The van der Waals surface area contributed by atoms with Crippen molar-refractivity contribution in [3.63, 3.8) is 0 Å². The van der Waals surface area contributed by atoms with Gasteiger partial charge in [-0.05, 0) is 26.0 Å². The van der Waals surface area contributed by atoms with E-state index in [1.54, 1.807) is 0 Å². The number of thioether (sulfide) groups is 2. The van der Waals surface area contributed by atoms with Crippen LogP contribution in [0.3, 0.4) is 0 Å². The van der Waals surface area contributed by atoms with Crippen molar-refractivity contribution in [1.29, 1.82) is 0 Å². The number of nitrogens with one attached hydrogen (secondary N) is 1. The minimum absolute atomic E-state index is 0.426. The summed E-state index contributed by atoms with van der Waals surface area (Å²) in [6.07, 6.45) is 3.11. The minimum atomic E-state index is 0.426. The third kappa shape index (κ3) is 3.70. The van der Waals surface area contributed by atoms with Gasteiger partial charge in [0.05, 0.1) is 11.7 Å². The van der Waals surface area contributed by atoms with Crippen molar-refractivity contribution in [2.24, 2.45) is 0 Å². The van der Waals surface area contributed by atoms with Crippen LogP contribution < -0.4 is 5.32 Å².